The van der Waals surface area contributed by atoms with Crippen LogP contribution < -0.4 is 5.73 Å². The molecule has 1 aliphatic heterocycles. The van der Waals surface area contributed by atoms with E-state index in [4.69, 9.17) is 5.73 Å². The molecule has 0 radical (unpaired) electrons. The van der Waals surface area contributed by atoms with E-state index in [0.29, 0.717) is 18.8 Å². The Hall–Kier alpha value is -1.89. The van der Waals surface area contributed by atoms with Gasteiger partial charge >= 0.3 is 0 Å². The number of halogens is 3. The Balaban J connectivity index is 2.14. The van der Waals surface area contributed by atoms with Gasteiger partial charge in [-0.25, -0.2) is 13.2 Å². The number of hydrogen-bond donors (Lipinski definition) is 1. The molecule has 0 saturated heterocycles. The van der Waals surface area contributed by atoms with Crippen LogP contribution >= 0.6 is 0 Å². The monoisotopic (exact) mass is 268 g/mol. The summed E-state index contributed by atoms with van der Waals surface area (Å²) in [4.78, 5) is 0. The predicted octanol–water partition coefficient (Wildman–Crippen LogP) is 1.64. The van der Waals surface area contributed by atoms with E-state index < -0.39 is 17.5 Å². The SMILES string of the molecule is NC1CCc2nnc(-c3ccc(F)c(F)c3F)n2C1. The van der Waals surface area contributed by atoms with Gasteiger partial charge in [-0.1, -0.05) is 0 Å². The summed E-state index contributed by atoms with van der Waals surface area (Å²) in [7, 11) is 0. The van der Waals surface area contributed by atoms with Gasteiger partial charge in [0.15, 0.2) is 23.3 Å². The van der Waals surface area contributed by atoms with Gasteiger partial charge in [0.1, 0.15) is 5.82 Å². The zero-order valence-electron chi connectivity index (χ0n) is 9.91. The first-order valence-electron chi connectivity index (χ1n) is 5.89. The molecule has 7 heteroatoms. The number of hydrogen-bond acceptors (Lipinski definition) is 3. The van der Waals surface area contributed by atoms with Gasteiger partial charge in [-0.05, 0) is 18.6 Å². The highest BCUT2D eigenvalue weighted by atomic mass is 19.2. The molecule has 2 N–H and O–H groups in total. The number of aromatic nitrogens is 3. The van der Waals surface area contributed by atoms with Gasteiger partial charge in [-0.15, -0.1) is 10.2 Å². The van der Waals surface area contributed by atoms with E-state index in [1.54, 1.807) is 4.57 Å². The molecule has 1 aromatic carbocycles. The lowest BCUT2D eigenvalue weighted by Crippen LogP contribution is -2.32. The van der Waals surface area contributed by atoms with Gasteiger partial charge in [0, 0.05) is 19.0 Å². The molecule has 0 spiro atoms. The largest absolute Gasteiger partial charge is 0.326 e. The maximum atomic E-state index is 13.8. The molecule has 1 aliphatic rings. The van der Waals surface area contributed by atoms with Gasteiger partial charge in [-0.3, -0.25) is 0 Å². The molecule has 0 fully saturated rings. The van der Waals surface area contributed by atoms with E-state index in [9.17, 15) is 13.2 Å². The first-order valence-corrected chi connectivity index (χ1v) is 5.89. The van der Waals surface area contributed by atoms with Crippen LogP contribution in [-0.2, 0) is 13.0 Å². The Morgan fingerprint density at radius 2 is 1.95 bits per heavy atom. The highest BCUT2D eigenvalue weighted by Crippen LogP contribution is 2.27. The zero-order chi connectivity index (χ0) is 13.6. The van der Waals surface area contributed by atoms with E-state index in [2.05, 4.69) is 10.2 Å². The Morgan fingerprint density at radius 3 is 2.74 bits per heavy atom. The molecule has 4 nitrogen and oxygen atoms in total. The van der Waals surface area contributed by atoms with Crippen molar-refractivity contribution >= 4 is 0 Å². The first-order chi connectivity index (χ1) is 9.08. The first kappa shape index (κ1) is 12.2. The summed E-state index contributed by atoms with van der Waals surface area (Å²) < 4.78 is 41.6. The normalized spacial score (nSPS) is 18.4. The van der Waals surface area contributed by atoms with Gasteiger partial charge in [0.25, 0.3) is 0 Å². The fraction of sp³-hybridized carbons (Fsp3) is 0.333. The van der Waals surface area contributed by atoms with Gasteiger partial charge in [0.2, 0.25) is 0 Å². The minimum absolute atomic E-state index is 0.0735. The molecule has 2 aromatic rings. The van der Waals surface area contributed by atoms with E-state index >= 15 is 0 Å². The minimum Gasteiger partial charge on any atom is -0.326 e. The molecule has 3 rings (SSSR count). The van der Waals surface area contributed by atoms with Crippen molar-refractivity contribution in [1.29, 1.82) is 0 Å². The Labute approximate surface area is 107 Å². The van der Waals surface area contributed by atoms with Crippen LogP contribution in [0, 0.1) is 17.5 Å². The number of rotatable bonds is 1. The molecule has 0 amide bonds. The average Bonchev–Trinajstić information content (AvgIpc) is 2.79. The lowest BCUT2D eigenvalue weighted by Gasteiger charge is -2.20. The van der Waals surface area contributed by atoms with Crippen LogP contribution in [0.15, 0.2) is 12.1 Å². The minimum atomic E-state index is -1.50. The molecule has 0 aliphatic carbocycles. The number of nitrogens with two attached hydrogens (primary N) is 1. The third-order valence-electron chi connectivity index (χ3n) is 3.26. The molecule has 19 heavy (non-hydrogen) atoms. The van der Waals surface area contributed by atoms with Crippen LogP contribution in [0.5, 0.6) is 0 Å². The van der Waals surface area contributed by atoms with Crippen molar-refractivity contribution in [3.8, 4) is 11.4 Å². The second kappa shape index (κ2) is 4.34. The molecule has 1 atom stereocenters. The third-order valence-corrected chi connectivity index (χ3v) is 3.26. The van der Waals surface area contributed by atoms with Crippen LogP contribution in [-0.4, -0.2) is 20.8 Å². The summed E-state index contributed by atoms with van der Waals surface area (Å²) in [6.07, 6.45) is 1.41. The van der Waals surface area contributed by atoms with Crippen LogP contribution in [0.25, 0.3) is 11.4 Å². The van der Waals surface area contributed by atoms with E-state index in [1.165, 1.54) is 0 Å². The van der Waals surface area contributed by atoms with Crippen molar-refractivity contribution in [2.75, 3.05) is 0 Å². The number of fused-ring (bicyclic) bond motifs is 1. The van der Waals surface area contributed by atoms with Crippen molar-refractivity contribution in [3.05, 3.63) is 35.4 Å². The number of benzene rings is 1. The van der Waals surface area contributed by atoms with E-state index in [0.717, 1.165) is 18.6 Å². The topological polar surface area (TPSA) is 56.7 Å². The Kier molecular flexibility index (Phi) is 2.78. The summed E-state index contributed by atoms with van der Waals surface area (Å²) >= 11 is 0. The zero-order valence-corrected chi connectivity index (χ0v) is 9.91. The summed E-state index contributed by atoms with van der Waals surface area (Å²) in [5.74, 6) is -3.12. The van der Waals surface area contributed by atoms with Crippen LogP contribution in [0.1, 0.15) is 12.2 Å². The predicted molar refractivity (Wildman–Crippen MR) is 61.6 cm³/mol. The smallest absolute Gasteiger partial charge is 0.195 e. The fourth-order valence-corrected chi connectivity index (χ4v) is 2.25. The van der Waals surface area contributed by atoms with Gasteiger partial charge in [0.05, 0.1) is 5.56 Å². The third kappa shape index (κ3) is 1.90. The number of aryl methyl sites for hydroxylation is 1. The second-order valence-electron chi connectivity index (χ2n) is 4.57. The molecular weight excluding hydrogens is 257 g/mol. The van der Waals surface area contributed by atoms with Crippen molar-refractivity contribution in [2.45, 2.75) is 25.4 Å². The number of nitrogens with zero attached hydrogens (tertiary/aromatic N) is 3. The lowest BCUT2D eigenvalue weighted by molar-refractivity contribution is 0.443. The van der Waals surface area contributed by atoms with Gasteiger partial charge < -0.3 is 10.3 Å². The van der Waals surface area contributed by atoms with Crippen molar-refractivity contribution in [3.63, 3.8) is 0 Å². The summed E-state index contributed by atoms with van der Waals surface area (Å²) in [6, 6.07) is 1.96. The quantitative estimate of drug-likeness (QED) is 0.800. The van der Waals surface area contributed by atoms with Gasteiger partial charge in [-0.2, -0.15) is 0 Å². The van der Waals surface area contributed by atoms with Crippen LogP contribution in [0.2, 0.25) is 0 Å². The maximum Gasteiger partial charge on any atom is 0.195 e. The van der Waals surface area contributed by atoms with Crippen molar-refractivity contribution in [1.82, 2.24) is 14.8 Å². The molecule has 0 saturated carbocycles. The fourth-order valence-electron chi connectivity index (χ4n) is 2.25. The van der Waals surface area contributed by atoms with Crippen LogP contribution in [0.3, 0.4) is 0 Å². The summed E-state index contributed by atoms with van der Waals surface area (Å²) in [5, 5.41) is 7.80. The van der Waals surface area contributed by atoms with E-state index in [1.807, 2.05) is 0 Å². The maximum absolute atomic E-state index is 13.8. The Morgan fingerprint density at radius 1 is 1.16 bits per heavy atom. The molecule has 0 bridgehead atoms. The van der Waals surface area contributed by atoms with Crippen molar-refractivity contribution < 1.29 is 13.2 Å². The average molecular weight is 268 g/mol. The molecule has 2 heterocycles. The summed E-state index contributed by atoms with van der Waals surface area (Å²) in [6.45, 7) is 0.441. The Bertz CT molecular complexity index is 638. The molecule has 1 unspecified atom stereocenters. The van der Waals surface area contributed by atoms with Crippen LogP contribution in [0.4, 0.5) is 13.2 Å². The molecule has 100 valence electrons. The standard InChI is InChI=1S/C12H11F3N4/c13-8-3-2-7(10(14)11(8)15)12-18-17-9-4-1-6(16)5-19(9)12/h2-3,6H,1,4-5,16H2. The van der Waals surface area contributed by atoms with E-state index in [-0.39, 0.29) is 17.4 Å². The highest BCUT2D eigenvalue weighted by Gasteiger charge is 2.24. The lowest BCUT2D eigenvalue weighted by atomic mass is 10.1. The highest BCUT2D eigenvalue weighted by molar-refractivity contribution is 5.56. The molecule has 1 aromatic heterocycles. The molecular formula is C12H11F3N4. The second-order valence-corrected chi connectivity index (χ2v) is 4.57. The summed E-state index contributed by atoms with van der Waals surface area (Å²) in [5.41, 5.74) is 5.74. The van der Waals surface area contributed by atoms with Crippen molar-refractivity contribution in [2.24, 2.45) is 5.73 Å².